The zero-order valence-electron chi connectivity index (χ0n) is 17.4. The molecule has 1 N–H and O–H groups in total. The lowest BCUT2D eigenvalue weighted by Crippen LogP contribution is -2.56. The van der Waals surface area contributed by atoms with Crippen LogP contribution in [0.2, 0.25) is 0 Å². The monoisotopic (exact) mass is 390 g/mol. The van der Waals surface area contributed by atoms with Gasteiger partial charge >= 0.3 is 0 Å². The third-order valence-electron chi connectivity index (χ3n) is 9.58. The van der Waals surface area contributed by atoms with Gasteiger partial charge in [0.1, 0.15) is 18.1 Å². The number of carbonyl (C=O) groups excluding carboxylic acids is 1. The molecule has 1 heterocycles. The van der Waals surface area contributed by atoms with Gasteiger partial charge in [0.05, 0.1) is 5.71 Å². The van der Waals surface area contributed by atoms with Crippen molar-refractivity contribution in [1.82, 2.24) is 5.32 Å². The maximum atomic E-state index is 15.6. The van der Waals surface area contributed by atoms with Crippen molar-refractivity contribution >= 4 is 11.5 Å². The maximum Gasteiger partial charge on any atom is 0.145 e. The van der Waals surface area contributed by atoms with E-state index in [9.17, 15) is 4.79 Å². The molecule has 5 fully saturated rings. The highest BCUT2D eigenvalue weighted by Crippen LogP contribution is 2.65. The predicted molar refractivity (Wildman–Crippen MR) is 107 cm³/mol. The Morgan fingerprint density at radius 3 is 2.68 bits per heavy atom. The number of rotatable bonds is 2. The van der Waals surface area contributed by atoms with Crippen molar-refractivity contribution < 1.29 is 14.0 Å². The summed E-state index contributed by atoms with van der Waals surface area (Å²) in [6.45, 7) is 6.34. The van der Waals surface area contributed by atoms with Crippen LogP contribution in [0.5, 0.6) is 0 Å². The maximum absolute atomic E-state index is 15.6. The van der Waals surface area contributed by atoms with Crippen LogP contribution in [0.1, 0.15) is 71.6 Å². The number of hydrogen-bond acceptors (Lipinski definition) is 4. The average Bonchev–Trinajstić information content (AvgIpc) is 3.29. The van der Waals surface area contributed by atoms with Crippen molar-refractivity contribution in [2.75, 3.05) is 13.1 Å². The molecule has 0 amide bonds. The molecule has 4 aliphatic carbocycles. The fourth-order valence-corrected chi connectivity index (χ4v) is 7.83. The minimum atomic E-state index is -0.965. The van der Waals surface area contributed by atoms with Gasteiger partial charge in [-0.2, -0.15) is 0 Å². The van der Waals surface area contributed by atoms with Gasteiger partial charge in [-0.05, 0) is 74.7 Å². The lowest BCUT2D eigenvalue weighted by Gasteiger charge is -2.60. The van der Waals surface area contributed by atoms with E-state index in [2.05, 4.69) is 24.3 Å². The molecule has 1 saturated heterocycles. The molecule has 4 nitrogen and oxygen atoms in total. The third-order valence-corrected chi connectivity index (χ3v) is 9.58. The van der Waals surface area contributed by atoms with Crippen LogP contribution in [0, 0.1) is 34.5 Å². The molecular weight excluding hydrogens is 355 g/mol. The molecule has 0 aromatic heterocycles. The number of carbonyl (C=O) groups is 1. The minimum absolute atomic E-state index is 0.0449. The molecule has 0 radical (unpaired) electrons. The van der Waals surface area contributed by atoms with Crippen LogP contribution < -0.4 is 5.32 Å². The van der Waals surface area contributed by atoms with E-state index in [1.54, 1.807) is 0 Å². The summed E-state index contributed by atoms with van der Waals surface area (Å²) in [5.41, 5.74) is 0.595. The molecule has 5 aliphatic rings. The summed E-state index contributed by atoms with van der Waals surface area (Å²) < 4.78 is 15.6. The van der Waals surface area contributed by atoms with Gasteiger partial charge in [0, 0.05) is 30.7 Å². The zero-order valence-corrected chi connectivity index (χ0v) is 17.4. The van der Waals surface area contributed by atoms with E-state index in [-0.39, 0.29) is 22.9 Å². The van der Waals surface area contributed by atoms with Crippen LogP contribution in [0.15, 0.2) is 5.16 Å². The highest BCUT2D eigenvalue weighted by Gasteiger charge is 2.61. The summed E-state index contributed by atoms with van der Waals surface area (Å²) in [7, 11) is 0. The normalized spacial score (nSPS) is 52.2. The first kappa shape index (κ1) is 19.0. The van der Waals surface area contributed by atoms with E-state index in [1.807, 2.05) is 0 Å². The number of fused-ring (bicyclic) bond motifs is 5. The molecule has 8 atom stereocenters. The molecule has 1 aliphatic heterocycles. The molecule has 1 unspecified atom stereocenters. The Bertz CT molecular complexity index is 676. The van der Waals surface area contributed by atoms with E-state index in [4.69, 9.17) is 4.84 Å². The number of Topliss-reactive ketones (excluding diaryl/α,β-unsaturated/α-hetero) is 1. The van der Waals surface area contributed by atoms with Gasteiger partial charge in [0.15, 0.2) is 0 Å². The predicted octanol–water partition coefficient (Wildman–Crippen LogP) is 4.28. The van der Waals surface area contributed by atoms with E-state index < -0.39 is 6.17 Å². The average molecular weight is 391 g/mol. The van der Waals surface area contributed by atoms with E-state index in [0.29, 0.717) is 29.2 Å². The van der Waals surface area contributed by atoms with Crippen LogP contribution in [0.4, 0.5) is 4.39 Å². The Kier molecular flexibility index (Phi) is 4.61. The topological polar surface area (TPSA) is 50.7 Å². The minimum Gasteiger partial charge on any atom is -0.391 e. The fourth-order valence-electron chi connectivity index (χ4n) is 7.83. The summed E-state index contributed by atoms with van der Waals surface area (Å²) in [4.78, 5) is 18.2. The molecule has 4 saturated carbocycles. The van der Waals surface area contributed by atoms with Gasteiger partial charge in [-0.15, -0.1) is 0 Å². The summed E-state index contributed by atoms with van der Waals surface area (Å²) in [5, 5.41) is 7.57. The molecule has 5 rings (SSSR count). The Hall–Kier alpha value is -0.970. The second kappa shape index (κ2) is 6.78. The molecule has 156 valence electrons. The summed E-state index contributed by atoms with van der Waals surface area (Å²) >= 11 is 0. The Labute approximate surface area is 168 Å². The standard InChI is InChI=1S/C23H35FN2O2/c1-22-11-8-19(26-28-14-9-12-25-13-14)21(24)18(22)4-3-15-16-5-6-20(27)23(16,2)10-7-17(15)22/h14-18,21,25H,3-13H2,1-2H3/b26-19+/t14-,15+,16+,17+,18?,21+,22-,23+/m1/s1. The molecular formula is C23H35FN2O2. The second-order valence-corrected chi connectivity index (χ2v) is 10.7. The summed E-state index contributed by atoms with van der Waals surface area (Å²) in [5.74, 6) is 2.26. The van der Waals surface area contributed by atoms with Gasteiger partial charge < -0.3 is 10.2 Å². The van der Waals surface area contributed by atoms with Crippen molar-refractivity contribution in [3.05, 3.63) is 0 Å². The fraction of sp³-hybridized carbons (Fsp3) is 0.913. The number of oxime groups is 1. The first-order valence-corrected chi connectivity index (χ1v) is 11.5. The van der Waals surface area contributed by atoms with Gasteiger partial charge in [0.2, 0.25) is 0 Å². The molecule has 28 heavy (non-hydrogen) atoms. The van der Waals surface area contributed by atoms with Gasteiger partial charge in [-0.3, -0.25) is 4.79 Å². The third kappa shape index (κ3) is 2.71. The number of halogens is 1. The number of ketones is 1. The molecule has 0 aromatic rings. The Morgan fingerprint density at radius 1 is 1.04 bits per heavy atom. The number of nitrogens with one attached hydrogen (secondary N) is 1. The van der Waals surface area contributed by atoms with Gasteiger partial charge in [-0.25, -0.2) is 4.39 Å². The van der Waals surface area contributed by atoms with Crippen LogP contribution in [-0.2, 0) is 9.63 Å². The molecule has 0 bridgehead atoms. The van der Waals surface area contributed by atoms with E-state index >= 15 is 4.39 Å². The van der Waals surface area contributed by atoms with Crippen molar-refractivity contribution in [3.63, 3.8) is 0 Å². The van der Waals surface area contributed by atoms with Crippen LogP contribution >= 0.6 is 0 Å². The lowest BCUT2D eigenvalue weighted by molar-refractivity contribution is -0.139. The van der Waals surface area contributed by atoms with Crippen LogP contribution in [0.25, 0.3) is 0 Å². The highest BCUT2D eigenvalue weighted by molar-refractivity contribution is 5.89. The number of hydrogen-bond donors (Lipinski definition) is 1. The molecule has 5 heteroatoms. The number of nitrogens with zero attached hydrogens (tertiary/aromatic N) is 1. The van der Waals surface area contributed by atoms with Crippen molar-refractivity contribution in [3.8, 4) is 0 Å². The Morgan fingerprint density at radius 2 is 1.89 bits per heavy atom. The largest absolute Gasteiger partial charge is 0.391 e. The van der Waals surface area contributed by atoms with Crippen molar-refractivity contribution in [1.29, 1.82) is 0 Å². The van der Waals surface area contributed by atoms with Crippen LogP contribution in [-0.4, -0.2) is 36.9 Å². The second-order valence-electron chi connectivity index (χ2n) is 10.7. The molecule has 0 aromatic carbocycles. The SMILES string of the molecule is C[C@]12CC/C(=N\O[C@@H]3CCNC3)[C@@H](F)C1CC[C@@H]1[C@@H]2CC[C@]2(C)C(=O)CC[C@@H]12. The first-order chi connectivity index (χ1) is 13.4. The zero-order chi connectivity index (χ0) is 19.5. The first-order valence-electron chi connectivity index (χ1n) is 11.5. The summed E-state index contributed by atoms with van der Waals surface area (Å²) in [6.07, 6.45) is 7.77. The Balaban J connectivity index is 1.34. The van der Waals surface area contributed by atoms with Gasteiger partial charge in [-0.1, -0.05) is 19.0 Å². The van der Waals surface area contributed by atoms with E-state index in [1.165, 1.54) is 0 Å². The lowest BCUT2D eigenvalue weighted by atomic mass is 9.45. The van der Waals surface area contributed by atoms with Crippen molar-refractivity contribution in [2.24, 2.45) is 39.7 Å². The molecule has 0 spiro atoms. The van der Waals surface area contributed by atoms with Crippen molar-refractivity contribution in [2.45, 2.75) is 83.9 Å². The smallest absolute Gasteiger partial charge is 0.145 e. The quantitative estimate of drug-likeness (QED) is 0.716. The van der Waals surface area contributed by atoms with Crippen LogP contribution in [0.3, 0.4) is 0 Å². The highest BCUT2D eigenvalue weighted by atomic mass is 19.1. The van der Waals surface area contributed by atoms with Gasteiger partial charge in [0.25, 0.3) is 0 Å². The summed E-state index contributed by atoms with van der Waals surface area (Å²) in [6, 6.07) is 0. The number of alkyl halides is 1. The van der Waals surface area contributed by atoms with E-state index in [0.717, 1.165) is 70.9 Å².